The lowest BCUT2D eigenvalue weighted by Crippen LogP contribution is -2.10. The average molecular weight is 310 g/mol. The molecule has 0 fully saturated rings. The number of nitrogens with one attached hydrogen (secondary N) is 2. The quantitative estimate of drug-likeness (QED) is 0.455. The molecule has 24 heavy (non-hydrogen) atoms. The van der Waals surface area contributed by atoms with Crippen LogP contribution in [0.1, 0.15) is 0 Å². The lowest BCUT2D eigenvalue weighted by molar-refractivity contribution is 1.43. The highest BCUT2D eigenvalue weighted by Gasteiger charge is 2.09. The van der Waals surface area contributed by atoms with E-state index in [2.05, 4.69) is 71.5 Å². The lowest BCUT2D eigenvalue weighted by atomic mass is 9.98. The number of fused-ring (bicyclic) bond motifs is 1. The van der Waals surface area contributed by atoms with E-state index in [1.54, 1.807) is 0 Å². The molecule has 2 nitrogen and oxygen atoms in total. The van der Waals surface area contributed by atoms with Crippen molar-refractivity contribution in [1.82, 2.24) is 0 Å². The number of hydrazine groups is 1. The summed E-state index contributed by atoms with van der Waals surface area (Å²) in [5.41, 5.74) is 11.2. The molecule has 116 valence electrons. The highest BCUT2D eigenvalue weighted by molar-refractivity contribution is 6.01. The van der Waals surface area contributed by atoms with Gasteiger partial charge in [0, 0.05) is 10.9 Å². The van der Waals surface area contributed by atoms with Crippen LogP contribution < -0.4 is 10.9 Å². The summed E-state index contributed by atoms with van der Waals surface area (Å²) in [6, 6.07) is 33.4. The van der Waals surface area contributed by atoms with Gasteiger partial charge in [-0.2, -0.15) is 0 Å². The minimum atomic E-state index is 1.03. The maximum absolute atomic E-state index is 3.42. The van der Waals surface area contributed by atoms with Gasteiger partial charge < -0.3 is 5.43 Å². The fourth-order valence-corrected chi connectivity index (χ4v) is 2.92. The third kappa shape index (κ3) is 2.82. The molecule has 0 spiro atoms. The van der Waals surface area contributed by atoms with E-state index in [9.17, 15) is 0 Å². The van der Waals surface area contributed by atoms with Gasteiger partial charge in [-0.15, -0.1) is 0 Å². The topological polar surface area (TPSA) is 24.1 Å². The zero-order chi connectivity index (χ0) is 16.2. The van der Waals surface area contributed by atoms with E-state index in [1.807, 2.05) is 36.4 Å². The molecule has 0 unspecified atom stereocenters. The van der Waals surface area contributed by atoms with Crippen LogP contribution in [0, 0.1) is 0 Å². The second kappa shape index (κ2) is 6.47. The number of anilines is 2. The molecular formula is C22H18N2. The molecule has 0 heterocycles. The van der Waals surface area contributed by atoms with E-state index in [0.717, 1.165) is 11.4 Å². The number of para-hydroxylation sites is 1. The Hall–Kier alpha value is -3.26. The molecule has 4 aromatic rings. The van der Waals surface area contributed by atoms with E-state index in [0.29, 0.717) is 0 Å². The molecule has 0 amide bonds. The van der Waals surface area contributed by atoms with E-state index < -0.39 is 0 Å². The molecule has 0 aliphatic heterocycles. The van der Waals surface area contributed by atoms with Crippen molar-refractivity contribution in [1.29, 1.82) is 0 Å². The first-order chi connectivity index (χ1) is 11.9. The number of hydrogen-bond acceptors (Lipinski definition) is 2. The number of benzene rings is 4. The molecule has 2 heteroatoms. The summed E-state index contributed by atoms with van der Waals surface area (Å²) in [6.07, 6.45) is 0. The van der Waals surface area contributed by atoms with Crippen molar-refractivity contribution < 1.29 is 0 Å². The fraction of sp³-hybridized carbons (Fsp3) is 0. The zero-order valence-corrected chi connectivity index (χ0v) is 13.2. The molecule has 4 aromatic carbocycles. The maximum Gasteiger partial charge on any atom is 0.0696 e. The third-order valence-corrected chi connectivity index (χ3v) is 4.12. The van der Waals surface area contributed by atoms with Crippen molar-refractivity contribution in [3.05, 3.63) is 97.1 Å². The minimum absolute atomic E-state index is 1.03. The summed E-state index contributed by atoms with van der Waals surface area (Å²) in [5.74, 6) is 0. The van der Waals surface area contributed by atoms with Crippen molar-refractivity contribution in [2.24, 2.45) is 0 Å². The molecular weight excluding hydrogens is 292 g/mol. The van der Waals surface area contributed by atoms with Crippen LogP contribution in [0.15, 0.2) is 97.1 Å². The monoisotopic (exact) mass is 310 g/mol. The Labute approximate surface area is 141 Å². The third-order valence-electron chi connectivity index (χ3n) is 4.12. The van der Waals surface area contributed by atoms with Crippen LogP contribution in [-0.4, -0.2) is 0 Å². The Bertz CT molecular complexity index is 947. The molecule has 4 rings (SSSR count). The largest absolute Gasteiger partial charge is 0.301 e. The highest BCUT2D eigenvalue weighted by atomic mass is 15.4. The average Bonchev–Trinajstić information content (AvgIpc) is 2.67. The van der Waals surface area contributed by atoms with Gasteiger partial charge in [0.15, 0.2) is 0 Å². The van der Waals surface area contributed by atoms with Gasteiger partial charge in [0.2, 0.25) is 0 Å². The summed E-state index contributed by atoms with van der Waals surface area (Å²) in [5, 5.41) is 2.41. The molecule has 0 saturated heterocycles. The van der Waals surface area contributed by atoms with Crippen LogP contribution in [0.5, 0.6) is 0 Å². The molecule has 0 saturated carbocycles. The first kappa shape index (κ1) is 14.3. The summed E-state index contributed by atoms with van der Waals surface area (Å²) >= 11 is 0. The van der Waals surface area contributed by atoms with Gasteiger partial charge in [-0.05, 0) is 23.1 Å². The Morgan fingerprint density at radius 3 is 1.96 bits per heavy atom. The maximum atomic E-state index is 3.42. The SMILES string of the molecule is c1ccc(NNc2c(-c3ccccc3)ccc3ccccc23)cc1. The van der Waals surface area contributed by atoms with Gasteiger partial charge in [-0.1, -0.05) is 84.9 Å². The summed E-state index contributed by atoms with van der Waals surface area (Å²) in [6.45, 7) is 0. The molecule has 0 atom stereocenters. The lowest BCUT2D eigenvalue weighted by Gasteiger charge is -2.17. The van der Waals surface area contributed by atoms with Gasteiger partial charge in [0.05, 0.1) is 11.4 Å². The van der Waals surface area contributed by atoms with Gasteiger partial charge >= 0.3 is 0 Å². The van der Waals surface area contributed by atoms with Gasteiger partial charge in [-0.25, -0.2) is 0 Å². The standard InChI is InChI=1S/C22H18N2/c1-3-9-17(10-4-1)21-16-15-18-11-7-8-14-20(18)22(21)24-23-19-12-5-2-6-13-19/h1-16,23-24H. The Morgan fingerprint density at radius 1 is 0.500 bits per heavy atom. The van der Waals surface area contributed by atoms with Crippen molar-refractivity contribution in [2.75, 3.05) is 10.9 Å². The van der Waals surface area contributed by atoms with Crippen molar-refractivity contribution >= 4 is 22.1 Å². The van der Waals surface area contributed by atoms with Gasteiger partial charge in [0.25, 0.3) is 0 Å². The van der Waals surface area contributed by atoms with E-state index >= 15 is 0 Å². The zero-order valence-electron chi connectivity index (χ0n) is 13.2. The van der Waals surface area contributed by atoms with Crippen LogP contribution >= 0.6 is 0 Å². The first-order valence-corrected chi connectivity index (χ1v) is 8.06. The summed E-state index contributed by atoms with van der Waals surface area (Å²) < 4.78 is 0. The van der Waals surface area contributed by atoms with Crippen LogP contribution in [0.25, 0.3) is 21.9 Å². The number of rotatable bonds is 4. The van der Waals surface area contributed by atoms with Crippen LogP contribution in [-0.2, 0) is 0 Å². The summed E-state index contributed by atoms with van der Waals surface area (Å²) in [4.78, 5) is 0. The van der Waals surface area contributed by atoms with Crippen molar-refractivity contribution in [3.8, 4) is 11.1 Å². The fourth-order valence-electron chi connectivity index (χ4n) is 2.92. The Balaban J connectivity index is 1.81. The van der Waals surface area contributed by atoms with E-state index in [-0.39, 0.29) is 0 Å². The molecule has 2 N–H and O–H groups in total. The highest BCUT2D eigenvalue weighted by Crippen LogP contribution is 2.34. The van der Waals surface area contributed by atoms with Gasteiger partial charge in [0.1, 0.15) is 0 Å². The van der Waals surface area contributed by atoms with Crippen LogP contribution in [0.4, 0.5) is 11.4 Å². The molecule has 0 bridgehead atoms. The normalized spacial score (nSPS) is 10.5. The van der Waals surface area contributed by atoms with Crippen LogP contribution in [0.2, 0.25) is 0 Å². The molecule has 0 radical (unpaired) electrons. The molecule has 0 aliphatic rings. The van der Waals surface area contributed by atoms with Crippen LogP contribution in [0.3, 0.4) is 0 Å². The predicted molar refractivity (Wildman–Crippen MR) is 103 cm³/mol. The summed E-state index contributed by atoms with van der Waals surface area (Å²) in [7, 11) is 0. The molecule has 0 aliphatic carbocycles. The van der Waals surface area contributed by atoms with Crippen molar-refractivity contribution in [2.45, 2.75) is 0 Å². The molecule has 0 aromatic heterocycles. The van der Waals surface area contributed by atoms with Gasteiger partial charge in [-0.3, -0.25) is 5.43 Å². The first-order valence-electron chi connectivity index (χ1n) is 8.06. The second-order valence-corrected chi connectivity index (χ2v) is 5.69. The predicted octanol–water partition coefficient (Wildman–Crippen LogP) is 5.95. The Morgan fingerprint density at radius 2 is 1.17 bits per heavy atom. The second-order valence-electron chi connectivity index (χ2n) is 5.69. The minimum Gasteiger partial charge on any atom is -0.301 e. The van der Waals surface area contributed by atoms with E-state index in [4.69, 9.17) is 0 Å². The Kier molecular flexibility index (Phi) is 3.86. The smallest absolute Gasteiger partial charge is 0.0696 e. The van der Waals surface area contributed by atoms with Crippen molar-refractivity contribution in [3.63, 3.8) is 0 Å². The number of hydrogen-bond donors (Lipinski definition) is 2. The van der Waals surface area contributed by atoms with E-state index in [1.165, 1.54) is 21.9 Å².